The molecule has 0 aliphatic carbocycles. The van der Waals surface area contributed by atoms with Crippen molar-refractivity contribution in [3.63, 3.8) is 0 Å². The molecule has 1 aliphatic rings. The summed E-state index contributed by atoms with van der Waals surface area (Å²) in [5.74, 6) is -0.273. The summed E-state index contributed by atoms with van der Waals surface area (Å²) in [6.07, 6.45) is 0.173. The first-order chi connectivity index (χ1) is 9.47. The van der Waals surface area contributed by atoms with Gasteiger partial charge in [-0.2, -0.15) is 0 Å². The molecule has 20 heavy (non-hydrogen) atoms. The first kappa shape index (κ1) is 14.1. The SMILES string of the molecule is C=C(C)COc1cccc(N2CC(C(N)=O)CC2=O)c1. The van der Waals surface area contributed by atoms with E-state index >= 15 is 0 Å². The third-order valence-corrected chi connectivity index (χ3v) is 3.14. The van der Waals surface area contributed by atoms with Crippen LogP contribution in [0.3, 0.4) is 0 Å². The maximum Gasteiger partial charge on any atom is 0.227 e. The molecule has 2 rings (SSSR count). The molecule has 1 fully saturated rings. The van der Waals surface area contributed by atoms with Gasteiger partial charge in [-0.25, -0.2) is 0 Å². The molecule has 5 heteroatoms. The van der Waals surface area contributed by atoms with E-state index in [1.807, 2.05) is 25.1 Å². The van der Waals surface area contributed by atoms with E-state index in [0.717, 1.165) is 11.3 Å². The summed E-state index contributed by atoms with van der Waals surface area (Å²) < 4.78 is 5.55. The van der Waals surface area contributed by atoms with Crippen molar-refractivity contribution in [1.82, 2.24) is 0 Å². The van der Waals surface area contributed by atoms with Crippen molar-refractivity contribution in [2.45, 2.75) is 13.3 Å². The van der Waals surface area contributed by atoms with Crippen molar-refractivity contribution < 1.29 is 14.3 Å². The standard InChI is InChI=1S/C15H18N2O3/c1-10(2)9-20-13-5-3-4-12(7-13)17-8-11(15(16)19)6-14(17)18/h3-5,7,11H,1,6,8-9H2,2H3,(H2,16,19). The molecule has 2 amide bonds. The van der Waals surface area contributed by atoms with Crippen LogP contribution in [0.15, 0.2) is 36.4 Å². The molecule has 1 heterocycles. The van der Waals surface area contributed by atoms with E-state index in [2.05, 4.69) is 6.58 Å². The fourth-order valence-electron chi connectivity index (χ4n) is 2.10. The summed E-state index contributed by atoms with van der Waals surface area (Å²) >= 11 is 0. The predicted octanol–water partition coefficient (Wildman–Crippen LogP) is 1.48. The molecular weight excluding hydrogens is 256 g/mol. The van der Waals surface area contributed by atoms with Gasteiger partial charge in [0.15, 0.2) is 0 Å². The van der Waals surface area contributed by atoms with Gasteiger partial charge in [0.05, 0.1) is 5.92 Å². The number of rotatable bonds is 5. The lowest BCUT2D eigenvalue weighted by atomic mass is 10.1. The number of benzene rings is 1. The van der Waals surface area contributed by atoms with Gasteiger partial charge in [-0.05, 0) is 24.6 Å². The van der Waals surface area contributed by atoms with Gasteiger partial charge in [0.2, 0.25) is 11.8 Å². The molecule has 1 unspecified atom stereocenters. The third-order valence-electron chi connectivity index (χ3n) is 3.14. The molecule has 106 valence electrons. The number of carbonyl (C=O) groups excluding carboxylic acids is 2. The first-order valence-corrected chi connectivity index (χ1v) is 6.44. The maximum atomic E-state index is 11.9. The van der Waals surface area contributed by atoms with Crippen molar-refractivity contribution in [2.75, 3.05) is 18.1 Å². The summed E-state index contributed by atoms with van der Waals surface area (Å²) in [5.41, 5.74) is 6.90. The number of primary amides is 1. The van der Waals surface area contributed by atoms with E-state index in [0.29, 0.717) is 18.9 Å². The Bertz CT molecular complexity index is 554. The Kier molecular flexibility index (Phi) is 4.08. The first-order valence-electron chi connectivity index (χ1n) is 6.44. The number of ether oxygens (including phenoxy) is 1. The number of anilines is 1. The Morgan fingerprint density at radius 3 is 2.90 bits per heavy atom. The summed E-state index contributed by atoms with van der Waals surface area (Å²) in [5, 5.41) is 0. The van der Waals surface area contributed by atoms with Crippen LogP contribution in [-0.4, -0.2) is 25.0 Å². The second-order valence-electron chi connectivity index (χ2n) is 5.05. The van der Waals surface area contributed by atoms with Crippen molar-refractivity contribution in [3.05, 3.63) is 36.4 Å². The lowest BCUT2D eigenvalue weighted by Gasteiger charge is -2.17. The van der Waals surface area contributed by atoms with Crippen molar-refractivity contribution in [1.29, 1.82) is 0 Å². The Hall–Kier alpha value is -2.30. The maximum absolute atomic E-state index is 11.9. The Morgan fingerprint density at radius 2 is 2.30 bits per heavy atom. The zero-order valence-corrected chi connectivity index (χ0v) is 11.5. The smallest absolute Gasteiger partial charge is 0.227 e. The lowest BCUT2D eigenvalue weighted by molar-refractivity contribution is -0.123. The molecule has 0 radical (unpaired) electrons. The van der Waals surface area contributed by atoms with Crippen LogP contribution in [0, 0.1) is 5.92 Å². The van der Waals surface area contributed by atoms with E-state index in [-0.39, 0.29) is 12.3 Å². The number of nitrogens with two attached hydrogens (primary N) is 1. The van der Waals surface area contributed by atoms with Gasteiger partial charge in [0.1, 0.15) is 12.4 Å². The Morgan fingerprint density at radius 1 is 1.55 bits per heavy atom. The van der Waals surface area contributed by atoms with Gasteiger partial charge in [-0.1, -0.05) is 12.6 Å². The number of nitrogens with zero attached hydrogens (tertiary/aromatic N) is 1. The largest absolute Gasteiger partial charge is 0.489 e. The van der Waals surface area contributed by atoms with Crippen molar-refractivity contribution >= 4 is 17.5 Å². The van der Waals surface area contributed by atoms with Gasteiger partial charge in [-0.15, -0.1) is 0 Å². The van der Waals surface area contributed by atoms with Crippen LogP contribution in [-0.2, 0) is 9.59 Å². The number of amides is 2. The highest BCUT2D eigenvalue weighted by Gasteiger charge is 2.33. The molecule has 1 saturated heterocycles. The highest BCUT2D eigenvalue weighted by atomic mass is 16.5. The monoisotopic (exact) mass is 274 g/mol. The summed E-state index contributed by atoms with van der Waals surface area (Å²) in [4.78, 5) is 24.7. The quantitative estimate of drug-likeness (QED) is 0.827. The van der Waals surface area contributed by atoms with Gasteiger partial charge in [-0.3, -0.25) is 9.59 Å². The molecular formula is C15H18N2O3. The summed E-state index contributed by atoms with van der Waals surface area (Å²) in [6, 6.07) is 7.23. The normalized spacial score (nSPS) is 18.1. The molecule has 2 N–H and O–H groups in total. The van der Waals surface area contributed by atoms with Crippen LogP contribution in [0.2, 0.25) is 0 Å². The van der Waals surface area contributed by atoms with E-state index in [9.17, 15) is 9.59 Å². The average Bonchev–Trinajstić information content (AvgIpc) is 2.79. The molecule has 0 spiro atoms. The minimum absolute atomic E-state index is 0.0918. The van der Waals surface area contributed by atoms with Crippen LogP contribution in [0.1, 0.15) is 13.3 Å². The van der Waals surface area contributed by atoms with E-state index in [4.69, 9.17) is 10.5 Å². The van der Waals surface area contributed by atoms with Gasteiger partial charge in [0, 0.05) is 24.7 Å². The third kappa shape index (κ3) is 3.17. The fourth-order valence-corrected chi connectivity index (χ4v) is 2.10. The average molecular weight is 274 g/mol. The number of hydrogen-bond acceptors (Lipinski definition) is 3. The number of hydrogen-bond donors (Lipinski definition) is 1. The molecule has 5 nitrogen and oxygen atoms in total. The highest BCUT2D eigenvalue weighted by molar-refractivity contribution is 6.00. The second kappa shape index (κ2) is 5.77. The second-order valence-corrected chi connectivity index (χ2v) is 5.05. The summed E-state index contributed by atoms with van der Waals surface area (Å²) in [7, 11) is 0. The predicted molar refractivity (Wildman–Crippen MR) is 76.4 cm³/mol. The van der Waals surface area contributed by atoms with Crippen LogP contribution >= 0.6 is 0 Å². The molecule has 0 saturated carbocycles. The van der Waals surface area contributed by atoms with Crippen molar-refractivity contribution in [3.8, 4) is 5.75 Å². The van der Waals surface area contributed by atoms with E-state index in [1.165, 1.54) is 0 Å². The Balaban J connectivity index is 2.13. The molecule has 1 aromatic rings. The minimum Gasteiger partial charge on any atom is -0.489 e. The zero-order valence-electron chi connectivity index (χ0n) is 11.5. The van der Waals surface area contributed by atoms with Crippen molar-refractivity contribution in [2.24, 2.45) is 11.7 Å². The minimum atomic E-state index is -0.435. The number of carbonyl (C=O) groups is 2. The van der Waals surface area contributed by atoms with Gasteiger partial charge in [0.25, 0.3) is 0 Å². The Labute approximate surface area is 118 Å². The lowest BCUT2D eigenvalue weighted by Crippen LogP contribution is -2.28. The molecule has 0 bridgehead atoms. The van der Waals surface area contributed by atoms with Crippen LogP contribution in [0.5, 0.6) is 5.75 Å². The molecule has 1 aromatic carbocycles. The van der Waals surface area contributed by atoms with Gasteiger partial charge < -0.3 is 15.4 Å². The van der Waals surface area contributed by atoms with Crippen LogP contribution < -0.4 is 15.4 Å². The molecule has 0 aromatic heterocycles. The van der Waals surface area contributed by atoms with E-state index < -0.39 is 11.8 Å². The van der Waals surface area contributed by atoms with E-state index in [1.54, 1.807) is 11.0 Å². The molecule has 1 atom stereocenters. The fraction of sp³-hybridized carbons (Fsp3) is 0.333. The van der Waals surface area contributed by atoms with Crippen LogP contribution in [0.4, 0.5) is 5.69 Å². The molecule has 1 aliphatic heterocycles. The summed E-state index contributed by atoms with van der Waals surface area (Å²) in [6.45, 7) is 6.41. The van der Waals surface area contributed by atoms with Crippen LogP contribution in [0.25, 0.3) is 0 Å². The zero-order chi connectivity index (χ0) is 14.7. The van der Waals surface area contributed by atoms with Gasteiger partial charge >= 0.3 is 0 Å². The topological polar surface area (TPSA) is 72.6 Å². The highest BCUT2D eigenvalue weighted by Crippen LogP contribution is 2.27.